The fraction of sp³-hybridized carbons (Fsp3) is 0.559. The standard InChI is InChI=1S/C34H49N3O5/c1-5-6-7-14-23-37(30(26-19-21-28(38)22-20-26)31(39)35-27-17-12-9-13-18-27)32(40)29(24-25-15-10-8-11-16-25)36-33(41)42-34(2,3)4/h8,10-11,15-16,19-22,27,29-30,38H,5-7,9,12-14,17-18,23-24H2,1-4H3,(H,35,39)(H,36,41). The number of ether oxygens (including phenoxy) is 1. The molecule has 3 rings (SSSR count). The number of rotatable bonds is 13. The molecule has 2 aromatic rings. The van der Waals surface area contributed by atoms with E-state index in [1.54, 1.807) is 37.8 Å². The lowest BCUT2D eigenvalue weighted by molar-refractivity contribution is -0.143. The Bertz CT molecular complexity index is 1120. The lowest BCUT2D eigenvalue weighted by Crippen LogP contribution is -2.54. The third-order valence-electron chi connectivity index (χ3n) is 7.53. The second-order valence-electron chi connectivity index (χ2n) is 12.3. The van der Waals surface area contributed by atoms with Crippen molar-refractivity contribution in [2.24, 2.45) is 0 Å². The summed E-state index contributed by atoms with van der Waals surface area (Å²) in [5.41, 5.74) is 0.755. The molecule has 3 N–H and O–H groups in total. The molecule has 230 valence electrons. The molecule has 1 saturated carbocycles. The summed E-state index contributed by atoms with van der Waals surface area (Å²) in [4.78, 5) is 43.1. The molecule has 2 atom stereocenters. The van der Waals surface area contributed by atoms with Gasteiger partial charge in [-0.15, -0.1) is 0 Å². The lowest BCUT2D eigenvalue weighted by Gasteiger charge is -2.36. The minimum atomic E-state index is -0.949. The summed E-state index contributed by atoms with van der Waals surface area (Å²) in [5.74, 6) is -0.509. The van der Waals surface area contributed by atoms with Gasteiger partial charge in [0.1, 0.15) is 23.4 Å². The van der Waals surface area contributed by atoms with E-state index in [0.717, 1.165) is 63.4 Å². The Labute approximate surface area is 251 Å². The largest absolute Gasteiger partial charge is 0.508 e. The average molecular weight is 580 g/mol. The number of unbranched alkanes of at least 4 members (excludes halogenated alkanes) is 3. The highest BCUT2D eigenvalue weighted by Gasteiger charge is 2.37. The van der Waals surface area contributed by atoms with E-state index in [4.69, 9.17) is 4.74 Å². The van der Waals surface area contributed by atoms with Gasteiger partial charge in [-0.3, -0.25) is 9.59 Å². The quantitative estimate of drug-likeness (QED) is 0.237. The number of nitrogens with zero attached hydrogens (tertiary/aromatic N) is 1. The first-order valence-corrected chi connectivity index (χ1v) is 15.5. The van der Waals surface area contributed by atoms with Crippen molar-refractivity contribution >= 4 is 17.9 Å². The molecule has 3 amide bonds. The summed E-state index contributed by atoms with van der Waals surface area (Å²) in [5, 5.41) is 16.0. The Kier molecular flexibility index (Phi) is 12.7. The number of alkyl carbamates (subject to hydrolysis) is 1. The summed E-state index contributed by atoms with van der Waals surface area (Å²) < 4.78 is 5.53. The first-order chi connectivity index (χ1) is 20.1. The molecule has 8 nitrogen and oxygen atoms in total. The van der Waals surface area contributed by atoms with Crippen LogP contribution >= 0.6 is 0 Å². The van der Waals surface area contributed by atoms with Crippen LogP contribution in [0.4, 0.5) is 4.79 Å². The van der Waals surface area contributed by atoms with Gasteiger partial charge in [0, 0.05) is 19.0 Å². The molecule has 0 aliphatic heterocycles. The fourth-order valence-electron chi connectivity index (χ4n) is 5.43. The maximum Gasteiger partial charge on any atom is 0.408 e. The van der Waals surface area contributed by atoms with Crippen LogP contribution < -0.4 is 10.6 Å². The summed E-state index contributed by atoms with van der Waals surface area (Å²) in [7, 11) is 0. The van der Waals surface area contributed by atoms with Crippen molar-refractivity contribution in [1.82, 2.24) is 15.5 Å². The number of phenols is 1. The van der Waals surface area contributed by atoms with Crippen LogP contribution in [0, 0.1) is 0 Å². The van der Waals surface area contributed by atoms with Gasteiger partial charge in [-0.2, -0.15) is 0 Å². The maximum atomic E-state index is 14.5. The molecular weight excluding hydrogens is 530 g/mol. The number of benzene rings is 2. The zero-order chi connectivity index (χ0) is 30.5. The van der Waals surface area contributed by atoms with E-state index in [1.807, 2.05) is 30.3 Å². The summed E-state index contributed by atoms with van der Waals surface area (Å²) >= 11 is 0. The van der Waals surface area contributed by atoms with Crippen molar-refractivity contribution in [3.05, 3.63) is 65.7 Å². The van der Waals surface area contributed by atoms with Crippen molar-refractivity contribution in [1.29, 1.82) is 0 Å². The molecular formula is C34H49N3O5. The van der Waals surface area contributed by atoms with Gasteiger partial charge in [-0.25, -0.2) is 4.79 Å². The van der Waals surface area contributed by atoms with Gasteiger partial charge < -0.3 is 25.4 Å². The second-order valence-corrected chi connectivity index (χ2v) is 12.3. The minimum absolute atomic E-state index is 0.0583. The first kappa shape index (κ1) is 33.0. The van der Waals surface area contributed by atoms with Crippen molar-refractivity contribution in [3.8, 4) is 5.75 Å². The number of amides is 3. The fourth-order valence-corrected chi connectivity index (χ4v) is 5.43. The van der Waals surface area contributed by atoms with E-state index in [0.29, 0.717) is 12.1 Å². The van der Waals surface area contributed by atoms with Crippen LogP contribution in [0.5, 0.6) is 5.75 Å². The molecule has 2 aromatic carbocycles. The highest BCUT2D eigenvalue weighted by atomic mass is 16.6. The van der Waals surface area contributed by atoms with Crippen molar-refractivity contribution in [2.45, 2.75) is 116 Å². The van der Waals surface area contributed by atoms with E-state index < -0.39 is 23.8 Å². The average Bonchev–Trinajstić information content (AvgIpc) is 2.95. The number of nitrogens with one attached hydrogen (secondary N) is 2. The minimum Gasteiger partial charge on any atom is -0.508 e. The van der Waals surface area contributed by atoms with E-state index in [-0.39, 0.29) is 30.0 Å². The molecule has 2 unspecified atom stereocenters. The molecule has 0 bridgehead atoms. The smallest absolute Gasteiger partial charge is 0.408 e. The van der Waals surface area contributed by atoms with Crippen LogP contribution in [-0.2, 0) is 20.7 Å². The van der Waals surface area contributed by atoms with Gasteiger partial charge >= 0.3 is 6.09 Å². The van der Waals surface area contributed by atoms with Crippen LogP contribution in [0.2, 0.25) is 0 Å². The van der Waals surface area contributed by atoms with E-state index in [1.165, 1.54) is 12.1 Å². The molecule has 0 heterocycles. The molecule has 8 heteroatoms. The maximum absolute atomic E-state index is 14.5. The Morgan fingerprint density at radius 2 is 1.62 bits per heavy atom. The third kappa shape index (κ3) is 10.7. The number of hydrogen-bond donors (Lipinski definition) is 3. The molecule has 1 fully saturated rings. The number of carbonyl (C=O) groups is 3. The van der Waals surface area contributed by atoms with Gasteiger partial charge in [0.15, 0.2) is 0 Å². The molecule has 0 aromatic heterocycles. The van der Waals surface area contributed by atoms with Crippen molar-refractivity contribution in [3.63, 3.8) is 0 Å². The van der Waals surface area contributed by atoms with Crippen molar-refractivity contribution < 1.29 is 24.2 Å². The lowest BCUT2D eigenvalue weighted by atomic mass is 9.94. The van der Waals surface area contributed by atoms with Gasteiger partial charge in [0.25, 0.3) is 0 Å². The summed E-state index contributed by atoms with van der Waals surface area (Å²) in [6.45, 7) is 7.80. The van der Waals surface area contributed by atoms with Crippen molar-refractivity contribution in [2.75, 3.05) is 6.54 Å². The van der Waals surface area contributed by atoms with Crippen LogP contribution in [0.3, 0.4) is 0 Å². The Morgan fingerprint density at radius 3 is 2.24 bits per heavy atom. The highest BCUT2D eigenvalue weighted by molar-refractivity contribution is 5.92. The van der Waals surface area contributed by atoms with Crippen LogP contribution in [0.15, 0.2) is 54.6 Å². The Hall–Kier alpha value is -3.55. The summed E-state index contributed by atoms with van der Waals surface area (Å²) in [6.07, 6.45) is 8.36. The molecule has 1 aliphatic rings. The molecule has 1 aliphatic carbocycles. The predicted molar refractivity (Wildman–Crippen MR) is 165 cm³/mol. The zero-order valence-electron chi connectivity index (χ0n) is 25.7. The molecule has 0 radical (unpaired) electrons. The number of hydrogen-bond acceptors (Lipinski definition) is 5. The topological polar surface area (TPSA) is 108 Å². The number of carbonyl (C=O) groups excluding carboxylic acids is 3. The Balaban J connectivity index is 2.00. The second kappa shape index (κ2) is 16.2. The third-order valence-corrected chi connectivity index (χ3v) is 7.53. The van der Waals surface area contributed by atoms with Crippen LogP contribution in [-0.4, -0.2) is 52.1 Å². The van der Waals surface area contributed by atoms with Gasteiger partial charge in [0.05, 0.1) is 0 Å². The number of aromatic hydroxyl groups is 1. The zero-order valence-corrected chi connectivity index (χ0v) is 25.7. The predicted octanol–water partition coefficient (Wildman–Crippen LogP) is 6.43. The number of phenolic OH excluding ortho intramolecular Hbond substituents is 1. The van der Waals surface area contributed by atoms with Gasteiger partial charge in [-0.1, -0.05) is 87.9 Å². The molecule has 0 saturated heterocycles. The van der Waals surface area contributed by atoms with E-state index >= 15 is 0 Å². The van der Waals surface area contributed by atoms with Gasteiger partial charge in [-0.05, 0) is 63.3 Å². The highest BCUT2D eigenvalue weighted by Crippen LogP contribution is 2.27. The Morgan fingerprint density at radius 1 is 0.952 bits per heavy atom. The van der Waals surface area contributed by atoms with Gasteiger partial charge in [0.2, 0.25) is 11.8 Å². The normalized spacial score (nSPS) is 15.3. The van der Waals surface area contributed by atoms with Crippen LogP contribution in [0.25, 0.3) is 0 Å². The molecule has 42 heavy (non-hydrogen) atoms. The molecule has 0 spiro atoms. The van der Waals surface area contributed by atoms with E-state index in [2.05, 4.69) is 17.6 Å². The first-order valence-electron chi connectivity index (χ1n) is 15.5. The van der Waals surface area contributed by atoms with Crippen LogP contribution in [0.1, 0.15) is 103 Å². The van der Waals surface area contributed by atoms with E-state index in [9.17, 15) is 19.5 Å². The SMILES string of the molecule is CCCCCCN(C(=O)C(Cc1ccccc1)NC(=O)OC(C)(C)C)C(C(=O)NC1CCCCC1)c1ccc(O)cc1. The summed E-state index contributed by atoms with van der Waals surface area (Å²) in [6, 6.07) is 14.2. The monoisotopic (exact) mass is 579 g/mol.